The zero-order valence-corrected chi connectivity index (χ0v) is 16.5. The Morgan fingerprint density at radius 3 is 2.42 bits per heavy atom. The second-order valence-electron chi connectivity index (χ2n) is 6.61. The van der Waals surface area contributed by atoms with Crippen molar-refractivity contribution in [2.45, 2.75) is 26.3 Å². The highest BCUT2D eigenvalue weighted by Crippen LogP contribution is 2.23. The molecular weight excluding hydrogens is 368 g/mol. The normalized spacial score (nSPS) is 15.2. The summed E-state index contributed by atoms with van der Waals surface area (Å²) >= 11 is 7.13. The molecule has 2 aromatic rings. The summed E-state index contributed by atoms with van der Waals surface area (Å²) in [5, 5.41) is 0. The van der Waals surface area contributed by atoms with Crippen LogP contribution in [0, 0.1) is 6.92 Å². The Balaban J connectivity index is 1.43. The molecule has 0 spiro atoms. The predicted octanol–water partition coefficient (Wildman–Crippen LogP) is 4.02. The number of rotatable bonds is 6. The first-order valence-corrected chi connectivity index (χ1v) is 10.1. The number of nitrogens with zero attached hydrogens (tertiary/aromatic N) is 2. The van der Waals surface area contributed by atoms with Crippen molar-refractivity contribution in [3.05, 3.63) is 56.7 Å². The molecule has 1 aromatic carbocycles. The lowest BCUT2D eigenvalue weighted by molar-refractivity contribution is -0.132. The van der Waals surface area contributed by atoms with Crippen molar-refractivity contribution in [3.63, 3.8) is 0 Å². The third-order valence-corrected chi connectivity index (χ3v) is 6.07. The molecule has 26 heavy (non-hydrogen) atoms. The number of thiophene rings is 1. The zero-order valence-electron chi connectivity index (χ0n) is 14.9. The van der Waals surface area contributed by atoms with Crippen molar-refractivity contribution in [2.75, 3.05) is 26.2 Å². The van der Waals surface area contributed by atoms with Gasteiger partial charge in [-0.25, -0.2) is 0 Å². The Bertz CT molecular complexity index is 782. The van der Waals surface area contributed by atoms with E-state index in [0.717, 1.165) is 32.7 Å². The fourth-order valence-corrected chi connectivity index (χ4v) is 4.16. The first-order valence-electron chi connectivity index (χ1n) is 8.86. The smallest absolute Gasteiger partial charge is 0.223 e. The van der Waals surface area contributed by atoms with Crippen molar-refractivity contribution < 1.29 is 9.59 Å². The fourth-order valence-electron chi connectivity index (χ4n) is 3.15. The standard InChI is InChI=1S/C20H23ClN2O2S/c1-15-4-2-3-5-16(15)14-22-10-12-23(13-11-22)20(25)9-6-17(24)18-7-8-19(21)26-18/h2-5,7-8H,6,9-14H2,1H3. The molecule has 1 aliphatic heterocycles. The van der Waals surface area contributed by atoms with Gasteiger partial charge in [-0.3, -0.25) is 14.5 Å². The van der Waals surface area contributed by atoms with Crippen LogP contribution in [0.4, 0.5) is 0 Å². The number of ketones is 1. The van der Waals surface area contributed by atoms with Gasteiger partial charge < -0.3 is 4.90 Å². The summed E-state index contributed by atoms with van der Waals surface area (Å²) in [6, 6.07) is 11.9. The van der Waals surface area contributed by atoms with Crippen LogP contribution in [0.15, 0.2) is 36.4 Å². The Morgan fingerprint density at radius 2 is 1.77 bits per heavy atom. The number of carbonyl (C=O) groups is 2. The number of Topliss-reactive ketones (excluding diaryl/α,β-unsaturated/α-hetero) is 1. The minimum absolute atomic E-state index is 0.00608. The fraction of sp³-hybridized carbons (Fsp3) is 0.400. The van der Waals surface area contributed by atoms with Gasteiger partial charge >= 0.3 is 0 Å². The third kappa shape index (κ3) is 4.93. The quantitative estimate of drug-likeness (QED) is 0.699. The van der Waals surface area contributed by atoms with Crippen molar-refractivity contribution in [1.29, 1.82) is 0 Å². The lowest BCUT2D eigenvalue weighted by atomic mass is 10.1. The minimum Gasteiger partial charge on any atom is -0.340 e. The van der Waals surface area contributed by atoms with Gasteiger partial charge in [-0.1, -0.05) is 35.9 Å². The predicted molar refractivity (Wildman–Crippen MR) is 106 cm³/mol. The number of amides is 1. The van der Waals surface area contributed by atoms with E-state index < -0.39 is 0 Å². The van der Waals surface area contributed by atoms with Crippen LogP contribution in [0.5, 0.6) is 0 Å². The van der Waals surface area contributed by atoms with Crippen LogP contribution in [-0.4, -0.2) is 47.7 Å². The van der Waals surface area contributed by atoms with Crippen LogP contribution >= 0.6 is 22.9 Å². The van der Waals surface area contributed by atoms with Gasteiger partial charge in [0.2, 0.25) is 5.91 Å². The maximum absolute atomic E-state index is 12.4. The number of hydrogen-bond donors (Lipinski definition) is 0. The minimum atomic E-state index is -0.00608. The van der Waals surface area contributed by atoms with E-state index >= 15 is 0 Å². The molecule has 0 bridgehead atoms. The second-order valence-corrected chi connectivity index (χ2v) is 8.33. The Kier molecular flexibility index (Phi) is 6.46. The summed E-state index contributed by atoms with van der Waals surface area (Å²) < 4.78 is 0.601. The van der Waals surface area contributed by atoms with Gasteiger partial charge in [0.25, 0.3) is 0 Å². The van der Waals surface area contributed by atoms with Crippen LogP contribution in [0.2, 0.25) is 4.34 Å². The number of halogens is 1. The first kappa shape index (κ1) is 19.1. The SMILES string of the molecule is Cc1ccccc1CN1CCN(C(=O)CCC(=O)c2ccc(Cl)s2)CC1. The monoisotopic (exact) mass is 390 g/mol. The molecule has 0 N–H and O–H groups in total. The van der Waals surface area contributed by atoms with Crippen molar-refractivity contribution >= 4 is 34.6 Å². The molecule has 0 atom stereocenters. The van der Waals surface area contributed by atoms with Crippen molar-refractivity contribution in [1.82, 2.24) is 9.80 Å². The molecule has 4 nitrogen and oxygen atoms in total. The summed E-state index contributed by atoms with van der Waals surface area (Å²) in [6.45, 7) is 6.25. The Morgan fingerprint density at radius 1 is 1.04 bits per heavy atom. The molecule has 0 radical (unpaired) electrons. The van der Waals surface area contributed by atoms with Crippen LogP contribution in [0.3, 0.4) is 0 Å². The van der Waals surface area contributed by atoms with Crippen LogP contribution < -0.4 is 0 Å². The van der Waals surface area contributed by atoms with E-state index in [9.17, 15) is 9.59 Å². The molecule has 2 heterocycles. The zero-order chi connectivity index (χ0) is 18.5. The van der Waals surface area contributed by atoms with Gasteiger partial charge in [0.15, 0.2) is 5.78 Å². The third-order valence-electron chi connectivity index (χ3n) is 4.79. The lowest BCUT2D eigenvalue weighted by Crippen LogP contribution is -2.48. The molecule has 0 unspecified atom stereocenters. The molecule has 1 aliphatic rings. The molecule has 0 saturated carbocycles. The van der Waals surface area contributed by atoms with Gasteiger partial charge in [0, 0.05) is 45.6 Å². The van der Waals surface area contributed by atoms with E-state index in [1.807, 2.05) is 4.90 Å². The summed E-state index contributed by atoms with van der Waals surface area (Å²) in [5.41, 5.74) is 2.64. The van der Waals surface area contributed by atoms with E-state index in [4.69, 9.17) is 11.6 Å². The molecule has 6 heteroatoms. The van der Waals surface area contributed by atoms with E-state index in [1.165, 1.54) is 22.5 Å². The molecule has 3 rings (SSSR count). The van der Waals surface area contributed by atoms with Gasteiger partial charge in [0.05, 0.1) is 9.21 Å². The van der Waals surface area contributed by atoms with E-state index in [0.29, 0.717) is 9.21 Å². The molecule has 1 amide bonds. The number of hydrogen-bond acceptors (Lipinski definition) is 4. The first-order chi connectivity index (χ1) is 12.5. The average Bonchev–Trinajstić information content (AvgIpc) is 3.08. The number of aryl methyl sites for hydroxylation is 1. The van der Waals surface area contributed by atoms with E-state index in [-0.39, 0.29) is 24.5 Å². The Hall–Kier alpha value is -1.69. The largest absolute Gasteiger partial charge is 0.340 e. The van der Waals surface area contributed by atoms with E-state index in [1.54, 1.807) is 12.1 Å². The number of carbonyl (C=O) groups excluding carboxylic acids is 2. The summed E-state index contributed by atoms with van der Waals surface area (Å²) in [7, 11) is 0. The molecule has 138 valence electrons. The highest BCUT2D eigenvalue weighted by atomic mass is 35.5. The maximum Gasteiger partial charge on any atom is 0.223 e. The topological polar surface area (TPSA) is 40.6 Å². The second kappa shape index (κ2) is 8.80. The number of piperazine rings is 1. The summed E-state index contributed by atoms with van der Waals surface area (Å²) in [4.78, 5) is 29.4. The maximum atomic E-state index is 12.4. The van der Waals surface area contributed by atoms with Gasteiger partial charge in [-0.15, -0.1) is 11.3 Å². The lowest BCUT2D eigenvalue weighted by Gasteiger charge is -2.35. The van der Waals surface area contributed by atoms with Crippen molar-refractivity contribution in [2.24, 2.45) is 0 Å². The van der Waals surface area contributed by atoms with Crippen molar-refractivity contribution in [3.8, 4) is 0 Å². The van der Waals surface area contributed by atoms with Crippen LogP contribution in [0.25, 0.3) is 0 Å². The van der Waals surface area contributed by atoms with E-state index in [2.05, 4.69) is 36.1 Å². The van der Waals surface area contributed by atoms with Gasteiger partial charge in [-0.2, -0.15) is 0 Å². The summed E-state index contributed by atoms with van der Waals surface area (Å²) in [5.74, 6) is 0.0602. The summed E-state index contributed by atoms with van der Waals surface area (Å²) in [6.07, 6.45) is 0.519. The molecule has 0 aliphatic carbocycles. The van der Waals surface area contributed by atoms with Crippen LogP contribution in [-0.2, 0) is 11.3 Å². The molecular formula is C20H23ClN2O2S. The van der Waals surface area contributed by atoms with Gasteiger partial charge in [-0.05, 0) is 30.2 Å². The molecule has 1 aromatic heterocycles. The highest BCUT2D eigenvalue weighted by Gasteiger charge is 2.22. The number of benzene rings is 1. The van der Waals surface area contributed by atoms with Gasteiger partial charge in [0.1, 0.15) is 0 Å². The molecule has 1 fully saturated rings. The average molecular weight is 391 g/mol. The van der Waals surface area contributed by atoms with Crippen LogP contribution in [0.1, 0.15) is 33.6 Å². The Labute approximate surface area is 163 Å². The molecule has 1 saturated heterocycles. The highest BCUT2D eigenvalue weighted by molar-refractivity contribution is 7.18.